The molecule has 2 N–H and O–H groups in total. The lowest BCUT2D eigenvalue weighted by Gasteiger charge is -2.12. The number of ether oxygens (including phenoxy) is 2. The van der Waals surface area contributed by atoms with Gasteiger partial charge in [0.2, 0.25) is 0 Å². The number of unbranched alkanes of at least 4 members (excludes halogenated alkanes) is 1. The minimum Gasteiger partial charge on any atom is -0.494 e. The molecule has 1 heterocycles. The second-order valence-electron chi connectivity index (χ2n) is 9.64. The molecule has 0 amide bonds. The lowest BCUT2D eigenvalue weighted by Crippen LogP contribution is -2.15. The Morgan fingerprint density at radius 2 is 1.46 bits per heavy atom. The van der Waals surface area contributed by atoms with E-state index in [1.807, 2.05) is 72.8 Å². The van der Waals surface area contributed by atoms with Crippen molar-refractivity contribution in [2.75, 3.05) is 13.2 Å². The molecule has 0 saturated heterocycles. The first-order valence-electron chi connectivity index (χ1n) is 13.5. The summed E-state index contributed by atoms with van der Waals surface area (Å²) in [5.74, 6) is -0.808. The van der Waals surface area contributed by atoms with Gasteiger partial charge < -0.3 is 24.3 Å². The number of carbonyl (C=O) groups is 3. The lowest BCUT2D eigenvalue weighted by molar-refractivity contribution is -0.140. The highest BCUT2D eigenvalue weighted by Gasteiger charge is 2.22. The van der Waals surface area contributed by atoms with E-state index in [1.165, 1.54) is 6.20 Å². The molecular formula is C33H33NO7. The van der Waals surface area contributed by atoms with Gasteiger partial charge in [-0.3, -0.25) is 9.59 Å². The molecule has 3 aromatic carbocycles. The zero-order valence-corrected chi connectivity index (χ0v) is 22.9. The Hall–Kier alpha value is -4.85. The molecule has 0 spiro atoms. The second kappa shape index (κ2) is 14.0. The Balaban J connectivity index is 1.42. The normalized spacial score (nSPS) is 11.9. The first kappa shape index (κ1) is 29.1. The van der Waals surface area contributed by atoms with Crippen molar-refractivity contribution in [3.8, 4) is 11.5 Å². The number of carboxylic acids is 2. The highest BCUT2D eigenvalue weighted by molar-refractivity contribution is 6.10. The van der Waals surface area contributed by atoms with Crippen LogP contribution in [0.25, 0.3) is 23.1 Å². The molecule has 0 aliphatic carbocycles. The molecule has 1 aromatic heterocycles. The van der Waals surface area contributed by atoms with Gasteiger partial charge in [-0.1, -0.05) is 60.7 Å². The van der Waals surface area contributed by atoms with Crippen LogP contribution in [0, 0.1) is 0 Å². The van der Waals surface area contributed by atoms with E-state index in [4.69, 9.17) is 14.6 Å². The van der Waals surface area contributed by atoms with Crippen LogP contribution in [0.3, 0.4) is 0 Å². The van der Waals surface area contributed by atoms with Crippen molar-refractivity contribution in [1.29, 1.82) is 0 Å². The Kier molecular flexibility index (Phi) is 9.94. The van der Waals surface area contributed by atoms with Crippen molar-refractivity contribution < 1.29 is 34.1 Å². The number of ketones is 1. The van der Waals surface area contributed by atoms with Gasteiger partial charge in [-0.25, -0.2) is 4.79 Å². The van der Waals surface area contributed by atoms with E-state index in [1.54, 1.807) is 23.6 Å². The number of aliphatic carboxylic acids is 2. The van der Waals surface area contributed by atoms with Crippen molar-refractivity contribution in [3.05, 3.63) is 95.7 Å². The van der Waals surface area contributed by atoms with Crippen LogP contribution < -0.4 is 9.47 Å². The number of rotatable bonds is 15. The van der Waals surface area contributed by atoms with Crippen LogP contribution in [0.5, 0.6) is 11.5 Å². The van der Waals surface area contributed by atoms with Gasteiger partial charge in [-0.2, -0.15) is 0 Å². The van der Waals surface area contributed by atoms with E-state index in [0.717, 1.165) is 35.5 Å². The molecule has 0 radical (unpaired) electrons. The zero-order valence-electron chi connectivity index (χ0n) is 22.9. The molecule has 0 aliphatic rings. The number of hydrogen-bond donors (Lipinski definition) is 2. The van der Waals surface area contributed by atoms with Crippen molar-refractivity contribution in [2.24, 2.45) is 0 Å². The van der Waals surface area contributed by atoms with E-state index < -0.39 is 18.0 Å². The minimum atomic E-state index is -1.06. The molecule has 4 rings (SSSR count). The van der Waals surface area contributed by atoms with Gasteiger partial charge in [0.1, 0.15) is 17.5 Å². The number of fused-ring (bicyclic) bond motifs is 1. The predicted octanol–water partition coefficient (Wildman–Crippen LogP) is 6.74. The van der Waals surface area contributed by atoms with Crippen LogP contribution in [-0.4, -0.2) is 45.7 Å². The predicted molar refractivity (Wildman–Crippen MR) is 158 cm³/mol. The summed E-state index contributed by atoms with van der Waals surface area (Å²) in [6.07, 6.45) is 6.61. The number of nitrogens with zero attached hydrogens (tertiary/aromatic N) is 1. The van der Waals surface area contributed by atoms with Crippen LogP contribution in [0.15, 0.2) is 79.0 Å². The van der Waals surface area contributed by atoms with E-state index in [0.29, 0.717) is 29.7 Å². The standard InChI is InChI=1S/C33H33NO7/c1-23(33(38)39)34-22-29(30(35)18-19-31(36)37)28-11-7-8-25(32(28)34)15-12-24-13-16-27(17-14-24)41-21-6-5-20-40-26-9-3-2-4-10-26/h2-4,7-17,22-23H,5-6,18-21H2,1H3,(H,36,37)(H,38,39). The summed E-state index contributed by atoms with van der Waals surface area (Å²) in [6, 6.07) is 21.9. The second-order valence-corrected chi connectivity index (χ2v) is 9.64. The van der Waals surface area contributed by atoms with Crippen LogP contribution in [0.2, 0.25) is 0 Å². The average molecular weight is 556 g/mol. The topological polar surface area (TPSA) is 115 Å². The third-order valence-corrected chi connectivity index (χ3v) is 6.68. The molecule has 212 valence electrons. The maximum Gasteiger partial charge on any atom is 0.326 e. The number of benzene rings is 3. The largest absolute Gasteiger partial charge is 0.494 e. The van der Waals surface area contributed by atoms with Crippen LogP contribution >= 0.6 is 0 Å². The molecule has 0 saturated carbocycles. The number of hydrogen-bond acceptors (Lipinski definition) is 5. The van der Waals surface area contributed by atoms with Gasteiger partial charge in [-0.05, 0) is 55.2 Å². The maximum atomic E-state index is 12.8. The summed E-state index contributed by atoms with van der Waals surface area (Å²) in [7, 11) is 0. The SMILES string of the molecule is CC(C(=O)O)n1cc(C(=O)CCC(=O)O)c2cccc(C=Cc3ccc(OCCCCOc4ccccc4)cc3)c21. The highest BCUT2D eigenvalue weighted by atomic mass is 16.5. The summed E-state index contributed by atoms with van der Waals surface area (Å²) in [6.45, 7) is 2.76. The van der Waals surface area contributed by atoms with Crippen LogP contribution in [0.4, 0.5) is 0 Å². The van der Waals surface area contributed by atoms with E-state index in [9.17, 15) is 19.5 Å². The summed E-state index contributed by atoms with van der Waals surface area (Å²) >= 11 is 0. The third-order valence-electron chi connectivity index (χ3n) is 6.68. The highest BCUT2D eigenvalue weighted by Crippen LogP contribution is 2.30. The Morgan fingerprint density at radius 1 is 0.805 bits per heavy atom. The summed E-state index contributed by atoms with van der Waals surface area (Å²) in [5.41, 5.74) is 2.59. The van der Waals surface area contributed by atoms with Gasteiger partial charge in [0, 0.05) is 23.6 Å². The van der Waals surface area contributed by atoms with Crippen molar-refractivity contribution in [1.82, 2.24) is 4.57 Å². The lowest BCUT2D eigenvalue weighted by atomic mass is 10.0. The number of aromatic nitrogens is 1. The first-order chi connectivity index (χ1) is 19.8. The van der Waals surface area contributed by atoms with E-state index >= 15 is 0 Å². The van der Waals surface area contributed by atoms with Gasteiger partial charge in [-0.15, -0.1) is 0 Å². The number of Topliss-reactive ketones (excluding diaryl/α,β-unsaturated/α-hetero) is 1. The first-order valence-corrected chi connectivity index (χ1v) is 13.5. The number of carbonyl (C=O) groups excluding carboxylic acids is 1. The van der Waals surface area contributed by atoms with E-state index in [-0.39, 0.29) is 18.6 Å². The zero-order chi connectivity index (χ0) is 29.2. The van der Waals surface area contributed by atoms with Gasteiger partial charge in [0.05, 0.1) is 25.2 Å². The summed E-state index contributed by atoms with van der Waals surface area (Å²) in [4.78, 5) is 35.6. The number of para-hydroxylation sites is 2. The van der Waals surface area contributed by atoms with Crippen LogP contribution in [-0.2, 0) is 9.59 Å². The van der Waals surface area contributed by atoms with Crippen molar-refractivity contribution in [3.63, 3.8) is 0 Å². The quantitative estimate of drug-likeness (QED) is 0.0948. The summed E-state index contributed by atoms with van der Waals surface area (Å²) in [5, 5.41) is 19.2. The Morgan fingerprint density at radius 3 is 2.10 bits per heavy atom. The van der Waals surface area contributed by atoms with Crippen molar-refractivity contribution >= 4 is 40.8 Å². The molecule has 0 bridgehead atoms. The molecule has 0 aliphatic heterocycles. The van der Waals surface area contributed by atoms with Gasteiger partial charge in [0.25, 0.3) is 0 Å². The molecular weight excluding hydrogens is 522 g/mol. The molecule has 0 fully saturated rings. The molecule has 8 nitrogen and oxygen atoms in total. The third kappa shape index (κ3) is 7.85. The molecule has 4 aromatic rings. The van der Waals surface area contributed by atoms with Crippen LogP contribution in [0.1, 0.15) is 60.1 Å². The van der Waals surface area contributed by atoms with Gasteiger partial charge >= 0.3 is 11.9 Å². The Bertz CT molecular complexity index is 1520. The molecule has 41 heavy (non-hydrogen) atoms. The number of carboxylic acid groups (broad SMARTS) is 2. The van der Waals surface area contributed by atoms with Gasteiger partial charge in [0.15, 0.2) is 5.78 Å². The average Bonchev–Trinajstić information content (AvgIpc) is 3.37. The smallest absolute Gasteiger partial charge is 0.326 e. The molecule has 1 atom stereocenters. The molecule has 1 unspecified atom stereocenters. The monoisotopic (exact) mass is 555 g/mol. The fourth-order valence-corrected chi connectivity index (χ4v) is 4.44. The fourth-order valence-electron chi connectivity index (χ4n) is 4.44. The van der Waals surface area contributed by atoms with E-state index in [2.05, 4.69) is 0 Å². The summed E-state index contributed by atoms with van der Waals surface area (Å²) < 4.78 is 13.1. The Labute approximate surface area is 238 Å². The molecule has 8 heteroatoms. The van der Waals surface area contributed by atoms with Crippen molar-refractivity contribution in [2.45, 2.75) is 38.6 Å². The maximum absolute atomic E-state index is 12.8. The fraction of sp³-hybridized carbons (Fsp3) is 0.242. The minimum absolute atomic E-state index is 0.161.